The number of hydrogen-bond donors (Lipinski definition) is 1. The van der Waals surface area contributed by atoms with Crippen LogP contribution in [0.5, 0.6) is 0 Å². The molecule has 0 aliphatic heterocycles. The number of rotatable bonds is 1. The van der Waals surface area contributed by atoms with Crippen molar-refractivity contribution < 1.29 is 22.8 Å². The van der Waals surface area contributed by atoms with Crippen molar-refractivity contribution in [1.29, 1.82) is 0 Å². The molecule has 1 N–H and O–H groups in total. The predicted octanol–water partition coefficient (Wildman–Crippen LogP) is 1.83. The van der Waals surface area contributed by atoms with Crippen LogP contribution in [0, 0.1) is 0 Å². The second kappa shape index (κ2) is 5.07. The number of carbonyl (C=O) groups excluding carboxylic acids is 2. The zero-order valence-corrected chi connectivity index (χ0v) is 9.71. The fourth-order valence-corrected chi connectivity index (χ4v) is 1.22. The predicted molar refractivity (Wildman–Crippen MR) is 57.4 cm³/mol. The Morgan fingerprint density at radius 3 is 2.28 bits per heavy atom. The van der Waals surface area contributed by atoms with Gasteiger partial charge in [0.05, 0.1) is 11.1 Å². The normalized spacial score (nSPS) is 10.9. The summed E-state index contributed by atoms with van der Waals surface area (Å²) in [5.41, 5.74) is 0.481. The molecule has 0 saturated carbocycles. The molecule has 1 rings (SSSR count). The van der Waals surface area contributed by atoms with Crippen LogP contribution in [0.3, 0.4) is 0 Å². The fraction of sp³-hybridized carbons (Fsp3) is 0.273. The number of halogens is 3. The molecular formula is C11H11F3N2O2. The average Bonchev–Trinajstić information content (AvgIpc) is 2.27. The van der Waals surface area contributed by atoms with Gasteiger partial charge in [-0.2, -0.15) is 13.2 Å². The molecule has 2 amide bonds. The van der Waals surface area contributed by atoms with E-state index in [0.29, 0.717) is 0 Å². The minimum atomic E-state index is -4.62. The summed E-state index contributed by atoms with van der Waals surface area (Å²) in [5, 5.41) is 0.815. The Bertz CT molecular complexity index is 472. The third-order valence-corrected chi connectivity index (χ3v) is 2.22. The number of benzene rings is 1. The Morgan fingerprint density at radius 2 is 1.78 bits per heavy atom. The van der Waals surface area contributed by atoms with Crippen molar-refractivity contribution >= 4 is 11.8 Å². The summed E-state index contributed by atoms with van der Waals surface area (Å²) >= 11 is 0. The van der Waals surface area contributed by atoms with Gasteiger partial charge in [-0.3, -0.25) is 20.0 Å². The molecule has 0 aromatic heterocycles. The molecule has 0 bridgehead atoms. The topological polar surface area (TPSA) is 49.4 Å². The molecule has 0 aliphatic carbocycles. The van der Waals surface area contributed by atoms with Crippen LogP contribution >= 0.6 is 0 Å². The van der Waals surface area contributed by atoms with Crippen LogP contribution in [0.15, 0.2) is 24.3 Å². The summed E-state index contributed by atoms with van der Waals surface area (Å²) in [7, 11) is 1.25. The molecule has 0 radical (unpaired) electrons. The van der Waals surface area contributed by atoms with Gasteiger partial charge in [0.2, 0.25) is 5.91 Å². The first-order valence-corrected chi connectivity index (χ1v) is 4.95. The van der Waals surface area contributed by atoms with Gasteiger partial charge in [0.25, 0.3) is 5.91 Å². The van der Waals surface area contributed by atoms with Crippen LogP contribution in [-0.2, 0) is 11.0 Å². The van der Waals surface area contributed by atoms with E-state index in [4.69, 9.17) is 0 Å². The molecule has 4 nitrogen and oxygen atoms in total. The number of nitrogens with one attached hydrogen (secondary N) is 1. The minimum absolute atomic E-state index is 0.493. The summed E-state index contributed by atoms with van der Waals surface area (Å²) in [6, 6.07) is 4.36. The van der Waals surface area contributed by atoms with Crippen LogP contribution in [0.4, 0.5) is 13.2 Å². The number of amides is 2. The molecule has 1 aromatic rings. The van der Waals surface area contributed by atoms with E-state index in [9.17, 15) is 22.8 Å². The first-order valence-electron chi connectivity index (χ1n) is 4.95. The van der Waals surface area contributed by atoms with E-state index in [0.717, 1.165) is 17.1 Å². The average molecular weight is 260 g/mol. The summed E-state index contributed by atoms with van der Waals surface area (Å²) < 4.78 is 37.9. The van der Waals surface area contributed by atoms with Gasteiger partial charge in [-0.15, -0.1) is 0 Å². The lowest BCUT2D eigenvalue weighted by Gasteiger charge is -2.18. The largest absolute Gasteiger partial charge is 0.417 e. The maximum atomic E-state index is 12.6. The Labute approximate surface area is 101 Å². The van der Waals surface area contributed by atoms with Crippen LogP contribution in [0.2, 0.25) is 0 Å². The van der Waals surface area contributed by atoms with Crippen LogP contribution < -0.4 is 5.43 Å². The highest BCUT2D eigenvalue weighted by Gasteiger charge is 2.35. The van der Waals surface area contributed by atoms with Gasteiger partial charge < -0.3 is 0 Å². The second-order valence-corrected chi connectivity index (χ2v) is 3.56. The molecule has 0 atom stereocenters. The lowest BCUT2D eigenvalue weighted by Crippen LogP contribution is -2.42. The molecule has 18 heavy (non-hydrogen) atoms. The maximum Gasteiger partial charge on any atom is 0.417 e. The lowest BCUT2D eigenvalue weighted by atomic mass is 10.1. The van der Waals surface area contributed by atoms with E-state index in [-0.39, 0.29) is 0 Å². The van der Waals surface area contributed by atoms with Gasteiger partial charge in [-0.05, 0) is 12.1 Å². The van der Waals surface area contributed by atoms with E-state index in [1.54, 1.807) is 0 Å². The van der Waals surface area contributed by atoms with Gasteiger partial charge in [0, 0.05) is 14.0 Å². The minimum Gasteiger partial charge on any atom is -0.273 e. The van der Waals surface area contributed by atoms with Crippen molar-refractivity contribution in [2.45, 2.75) is 13.1 Å². The monoisotopic (exact) mass is 260 g/mol. The van der Waals surface area contributed by atoms with E-state index in [1.807, 2.05) is 0 Å². The zero-order valence-electron chi connectivity index (χ0n) is 9.71. The summed E-state index contributed by atoms with van der Waals surface area (Å²) in [5.74, 6) is -1.48. The molecule has 0 heterocycles. The number of alkyl halides is 3. The number of hydrazine groups is 1. The third-order valence-electron chi connectivity index (χ3n) is 2.22. The van der Waals surface area contributed by atoms with E-state index in [2.05, 4.69) is 5.43 Å². The molecule has 0 spiro atoms. The molecule has 0 aliphatic rings. The third kappa shape index (κ3) is 3.22. The van der Waals surface area contributed by atoms with Crippen molar-refractivity contribution in [3.63, 3.8) is 0 Å². The fourth-order valence-electron chi connectivity index (χ4n) is 1.22. The van der Waals surface area contributed by atoms with Gasteiger partial charge in [0.1, 0.15) is 0 Å². The van der Waals surface area contributed by atoms with Gasteiger partial charge in [-0.1, -0.05) is 12.1 Å². The molecule has 1 aromatic carbocycles. The van der Waals surface area contributed by atoms with Gasteiger partial charge >= 0.3 is 6.18 Å². The van der Waals surface area contributed by atoms with Crippen molar-refractivity contribution in [3.8, 4) is 0 Å². The van der Waals surface area contributed by atoms with Crippen molar-refractivity contribution in [2.24, 2.45) is 0 Å². The Balaban J connectivity index is 3.03. The Kier molecular flexibility index (Phi) is 3.95. The SMILES string of the molecule is CC(=O)N(C)NC(=O)c1ccccc1C(F)(F)F. The maximum absolute atomic E-state index is 12.6. The standard InChI is InChI=1S/C11H11F3N2O2/c1-7(17)16(2)15-10(18)8-5-3-4-6-9(8)11(12,13)14/h3-6H,1-2H3,(H,15,18). The number of nitrogens with zero attached hydrogens (tertiary/aromatic N) is 1. The molecular weight excluding hydrogens is 249 g/mol. The molecule has 0 unspecified atom stereocenters. The zero-order chi connectivity index (χ0) is 13.9. The Morgan fingerprint density at radius 1 is 1.22 bits per heavy atom. The highest BCUT2D eigenvalue weighted by Crippen LogP contribution is 2.31. The summed E-state index contributed by atoms with van der Waals surface area (Å²) in [4.78, 5) is 22.5. The smallest absolute Gasteiger partial charge is 0.273 e. The Hall–Kier alpha value is -2.05. The lowest BCUT2D eigenvalue weighted by molar-refractivity contribution is -0.138. The van der Waals surface area contributed by atoms with Crippen molar-refractivity contribution in [1.82, 2.24) is 10.4 Å². The summed E-state index contributed by atoms with van der Waals surface area (Å²) in [6.45, 7) is 1.18. The van der Waals surface area contributed by atoms with E-state index >= 15 is 0 Å². The first kappa shape index (κ1) is 14.0. The second-order valence-electron chi connectivity index (χ2n) is 3.56. The highest BCUT2D eigenvalue weighted by atomic mass is 19.4. The highest BCUT2D eigenvalue weighted by molar-refractivity contribution is 5.96. The molecule has 98 valence electrons. The van der Waals surface area contributed by atoms with E-state index < -0.39 is 29.1 Å². The molecule has 0 saturated heterocycles. The summed E-state index contributed by atoms with van der Waals surface area (Å²) in [6.07, 6.45) is -4.62. The quantitative estimate of drug-likeness (QED) is 0.783. The van der Waals surface area contributed by atoms with Gasteiger partial charge in [-0.25, -0.2) is 0 Å². The van der Waals surface area contributed by atoms with Crippen LogP contribution in [-0.4, -0.2) is 23.9 Å². The van der Waals surface area contributed by atoms with Gasteiger partial charge in [0.15, 0.2) is 0 Å². The molecule has 0 fully saturated rings. The van der Waals surface area contributed by atoms with Crippen LogP contribution in [0.25, 0.3) is 0 Å². The van der Waals surface area contributed by atoms with E-state index in [1.165, 1.54) is 26.1 Å². The molecule has 7 heteroatoms. The first-order chi connectivity index (χ1) is 8.23. The van der Waals surface area contributed by atoms with Crippen LogP contribution in [0.1, 0.15) is 22.8 Å². The van der Waals surface area contributed by atoms with Crippen molar-refractivity contribution in [2.75, 3.05) is 7.05 Å². The van der Waals surface area contributed by atoms with Crippen molar-refractivity contribution in [3.05, 3.63) is 35.4 Å². The number of hydrogen-bond acceptors (Lipinski definition) is 2. The number of carbonyl (C=O) groups is 2.